The number of nitrogens with zero attached hydrogens (tertiary/aromatic N) is 1. The molecule has 1 saturated carbocycles. The number of ether oxygens (including phenoxy) is 1. The van der Waals surface area contributed by atoms with Crippen molar-refractivity contribution in [2.75, 3.05) is 13.2 Å². The predicted octanol–water partition coefficient (Wildman–Crippen LogP) is 1.11. The van der Waals surface area contributed by atoms with Crippen LogP contribution in [0.2, 0.25) is 0 Å². The molecule has 1 heterocycles. The van der Waals surface area contributed by atoms with Gasteiger partial charge in [0.25, 0.3) is 0 Å². The maximum Gasteiger partial charge on any atom is 0.326 e. The summed E-state index contributed by atoms with van der Waals surface area (Å²) in [6.45, 7) is 2.15. The minimum Gasteiger partial charge on any atom is -0.464 e. The number of imide groups is 1. The molecule has 2 aliphatic rings. The van der Waals surface area contributed by atoms with E-state index in [1.54, 1.807) is 0 Å². The first-order valence-electron chi connectivity index (χ1n) is 6.66. The van der Waals surface area contributed by atoms with Gasteiger partial charge in [0.05, 0.1) is 18.4 Å². The quantitative estimate of drug-likeness (QED) is 0.418. The van der Waals surface area contributed by atoms with E-state index in [2.05, 4.69) is 0 Å². The lowest BCUT2D eigenvalue weighted by Crippen LogP contribution is -2.37. The highest BCUT2D eigenvalue weighted by Crippen LogP contribution is 2.39. The zero-order chi connectivity index (χ0) is 13.1. The molecular weight excluding hydrogens is 234 g/mol. The zero-order valence-corrected chi connectivity index (χ0v) is 10.7. The molecule has 5 heteroatoms. The summed E-state index contributed by atoms with van der Waals surface area (Å²) in [6, 6.07) is 0. The molecule has 100 valence electrons. The molecule has 1 aliphatic heterocycles. The lowest BCUT2D eigenvalue weighted by Gasteiger charge is -2.14. The first kappa shape index (κ1) is 13.1. The van der Waals surface area contributed by atoms with Crippen LogP contribution in [0.3, 0.4) is 0 Å². The van der Waals surface area contributed by atoms with E-state index in [0.29, 0.717) is 6.61 Å². The van der Waals surface area contributed by atoms with Gasteiger partial charge in [-0.2, -0.15) is 0 Å². The second-order valence-electron chi connectivity index (χ2n) is 4.98. The van der Waals surface area contributed by atoms with Crippen molar-refractivity contribution < 1.29 is 19.1 Å². The van der Waals surface area contributed by atoms with Crippen LogP contribution in [0.15, 0.2) is 0 Å². The number of carbonyl (C=O) groups is 3. The van der Waals surface area contributed by atoms with E-state index in [1.807, 2.05) is 6.92 Å². The molecule has 0 radical (unpaired) electrons. The highest BCUT2D eigenvalue weighted by Gasteiger charge is 2.50. The van der Waals surface area contributed by atoms with Crippen molar-refractivity contribution in [3.8, 4) is 0 Å². The van der Waals surface area contributed by atoms with Crippen LogP contribution in [0.5, 0.6) is 0 Å². The number of esters is 1. The average molecular weight is 253 g/mol. The van der Waals surface area contributed by atoms with Gasteiger partial charge in [-0.1, -0.05) is 19.8 Å². The van der Waals surface area contributed by atoms with Crippen molar-refractivity contribution in [3.05, 3.63) is 0 Å². The Balaban J connectivity index is 1.88. The third-order valence-corrected chi connectivity index (χ3v) is 3.73. The Bertz CT molecular complexity index is 344. The van der Waals surface area contributed by atoms with Crippen LogP contribution in [0, 0.1) is 11.8 Å². The molecule has 0 bridgehead atoms. The van der Waals surface area contributed by atoms with E-state index in [1.165, 1.54) is 0 Å². The van der Waals surface area contributed by atoms with Gasteiger partial charge in [-0.05, 0) is 19.3 Å². The van der Waals surface area contributed by atoms with Crippen molar-refractivity contribution in [3.63, 3.8) is 0 Å². The molecule has 0 aromatic rings. The molecule has 18 heavy (non-hydrogen) atoms. The molecule has 1 aliphatic carbocycles. The molecule has 0 aromatic heterocycles. The van der Waals surface area contributed by atoms with E-state index in [0.717, 1.165) is 37.0 Å². The Morgan fingerprint density at radius 1 is 1.28 bits per heavy atom. The number of rotatable bonds is 5. The fourth-order valence-electron chi connectivity index (χ4n) is 2.72. The topological polar surface area (TPSA) is 63.7 Å². The first-order valence-corrected chi connectivity index (χ1v) is 6.66. The predicted molar refractivity (Wildman–Crippen MR) is 63.4 cm³/mol. The normalized spacial score (nSPS) is 26.6. The minimum absolute atomic E-state index is 0.180. The van der Waals surface area contributed by atoms with E-state index in [4.69, 9.17) is 4.74 Å². The number of unbranched alkanes of at least 4 members (excludes halogenated alkanes) is 1. The standard InChI is InChI=1S/C13H19NO4/c1-2-3-7-18-11(15)8-14-12(16)9-5-4-6-10(9)13(14)17/h9-10H,2-8H2,1H3. The SMILES string of the molecule is CCCCOC(=O)CN1C(=O)C2CCCC2C1=O. The molecule has 2 atom stereocenters. The van der Waals surface area contributed by atoms with Gasteiger partial charge in [0.1, 0.15) is 6.54 Å². The van der Waals surface area contributed by atoms with Crippen molar-refractivity contribution in [1.29, 1.82) is 0 Å². The summed E-state index contributed by atoms with van der Waals surface area (Å²) < 4.78 is 4.98. The molecule has 2 amide bonds. The van der Waals surface area contributed by atoms with Gasteiger partial charge in [-0.15, -0.1) is 0 Å². The molecule has 0 N–H and O–H groups in total. The van der Waals surface area contributed by atoms with E-state index in [-0.39, 0.29) is 30.2 Å². The highest BCUT2D eigenvalue weighted by atomic mass is 16.5. The first-order chi connectivity index (χ1) is 8.65. The third kappa shape index (κ3) is 2.40. The maximum absolute atomic E-state index is 12.0. The van der Waals surface area contributed by atoms with Gasteiger partial charge < -0.3 is 4.74 Å². The monoisotopic (exact) mass is 253 g/mol. The molecular formula is C13H19NO4. The van der Waals surface area contributed by atoms with Crippen LogP contribution in [0.4, 0.5) is 0 Å². The summed E-state index contributed by atoms with van der Waals surface area (Å²) >= 11 is 0. The van der Waals surface area contributed by atoms with Crippen LogP contribution in [-0.4, -0.2) is 35.8 Å². The minimum atomic E-state index is -0.481. The molecule has 1 saturated heterocycles. The molecule has 2 unspecified atom stereocenters. The summed E-state index contributed by atoms with van der Waals surface area (Å²) in [5.74, 6) is -1.21. The summed E-state index contributed by atoms with van der Waals surface area (Å²) in [5, 5.41) is 0. The van der Waals surface area contributed by atoms with Crippen molar-refractivity contribution in [2.45, 2.75) is 39.0 Å². The number of carbonyl (C=O) groups excluding carboxylic acids is 3. The summed E-state index contributed by atoms with van der Waals surface area (Å²) in [6.07, 6.45) is 4.23. The molecule has 0 aromatic carbocycles. The second kappa shape index (κ2) is 5.50. The summed E-state index contributed by atoms with van der Waals surface area (Å²) in [7, 11) is 0. The lowest BCUT2D eigenvalue weighted by molar-refractivity contribution is -0.153. The van der Waals surface area contributed by atoms with Crippen LogP contribution in [0.1, 0.15) is 39.0 Å². The Labute approximate surface area is 106 Å². The number of likely N-dealkylation sites (tertiary alicyclic amines) is 1. The largest absolute Gasteiger partial charge is 0.464 e. The van der Waals surface area contributed by atoms with Crippen LogP contribution >= 0.6 is 0 Å². The van der Waals surface area contributed by atoms with Gasteiger partial charge in [0.2, 0.25) is 11.8 Å². The number of hydrogen-bond donors (Lipinski definition) is 0. The summed E-state index contributed by atoms with van der Waals surface area (Å²) in [4.78, 5) is 36.5. The summed E-state index contributed by atoms with van der Waals surface area (Å²) in [5.41, 5.74) is 0. The van der Waals surface area contributed by atoms with Crippen LogP contribution < -0.4 is 0 Å². The Hall–Kier alpha value is -1.39. The molecule has 0 spiro atoms. The fourth-order valence-corrected chi connectivity index (χ4v) is 2.72. The molecule has 2 rings (SSSR count). The van der Waals surface area contributed by atoms with Crippen molar-refractivity contribution >= 4 is 17.8 Å². The lowest BCUT2D eigenvalue weighted by atomic mass is 10.00. The number of fused-ring (bicyclic) bond motifs is 1. The van der Waals surface area contributed by atoms with Crippen LogP contribution in [-0.2, 0) is 19.1 Å². The maximum atomic E-state index is 12.0. The Kier molecular flexibility index (Phi) is 3.99. The highest BCUT2D eigenvalue weighted by molar-refractivity contribution is 6.07. The van der Waals surface area contributed by atoms with Gasteiger partial charge in [-0.25, -0.2) is 0 Å². The van der Waals surface area contributed by atoms with Crippen LogP contribution in [0.25, 0.3) is 0 Å². The van der Waals surface area contributed by atoms with E-state index < -0.39 is 5.97 Å². The van der Waals surface area contributed by atoms with Gasteiger partial charge in [-0.3, -0.25) is 19.3 Å². The van der Waals surface area contributed by atoms with Gasteiger partial charge in [0.15, 0.2) is 0 Å². The van der Waals surface area contributed by atoms with E-state index >= 15 is 0 Å². The Morgan fingerprint density at radius 2 is 1.89 bits per heavy atom. The Morgan fingerprint density at radius 3 is 2.44 bits per heavy atom. The second-order valence-corrected chi connectivity index (χ2v) is 4.98. The van der Waals surface area contributed by atoms with Crippen molar-refractivity contribution in [1.82, 2.24) is 4.90 Å². The fraction of sp³-hybridized carbons (Fsp3) is 0.769. The smallest absolute Gasteiger partial charge is 0.326 e. The van der Waals surface area contributed by atoms with Gasteiger partial charge in [0, 0.05) is 0 Å². The third-order valence-electron chi connectivity index (χ3n) is 3.73. The van der Waals surface area contributed by atoms with Gasteiger partial charge >= 0.3 is 5.97 Å². The molecule has 2 fully saturated rings. The van der Waals surface area contributed by atoms with Crippen molar-refractivity contribution in [2.24, 2.45) is 11.8 Å². The number of amides is 2. The van der Waals surface area contributed by atoms with E-state index in [9.17, 15) is 14.4 Å². The average Bonchev–Trinajstić information content (AvgIpc) is 2.90. The molecule has 5 nitrogen and oxygen atoms in total. The number of hydrogen-bond acceptors (Lipinski definition) is 4. The zero-order valence-electron chi connectivity index (χ0n) is 10.7.